The predicted molar refractivity (Wildman–Crippen MR) is 51.3 cm³/mol. The maximum atomic E-state index is 11.0. The van der Waals surface area contributed by atoms with Crippen molar-refractivity contribution in [3.8, 4) is 0 Å². The Morgan fingerprint density at radius 1 is 1.43 bits per heavy atom. The summed E-state index contributed by atoms with van der Waals surface area (Å²) < 4.78 is 0. The van der Waals surface area contributed by atoms with Crippen molar-refractivity contribution < 1.29 is 9.59 Å². The number of pyridine rings is 1. The summed E-state index contributed by atoms with van der Waals surface area (Å²) in [5, 5.41) is 2.62. The van der Waals surface area contributed by atoms with Gasteiger partial charge in [0.05, 0.1) is 0 Å². The number of rotatable bonds is 4. The molecule has 0 radical (unpaired) electrons. The molecular formula is C10H10N2O2. The van der Waals surface area contributed by atoms with Gasteiger partial charge in [0.1, 0.15) is 6.29 Å². The molecule has 14 heavy (non-hydrogen) atoms. The molecule has 4 nitrogen and oxygen atoms in total. The van der Waals surface area contributed by atoms with Gasteiger partial charge in [-0.15, -0.1) is 0 Å². The number of hydrogen-bond acceptors (Lipinski definition) is 3. The number of carbonyl (C=O) groups excluding carboxylic acids is 2. The van der Waals surface area contributed by atoms with E-state index in [1.54, 1.807) is 12.4 Å². The van der Waals surface area contributed by atoms with Crippen LogP contribution in [-0.2, 0) is 16.1 Å². The van der Waals surface area contributed by atoms with Gasteiger partial charge in [0.25, 0.3) is 0 Å². The average Bonchev–Trinajstić information content (AvgIpc) is 2.25. The van der Waals surface area contributed by atoms with Crippen molar-refractivity contribution in [3.05, 3.63) is 42.2 Å². The monoisotopic (exact) mass is 190 g/mol. The molecule has 0 bridgehead atoms. The van der Waals surface area contributed by atoms with Gasteiger partial charge in [-0.2, -0.15) is 0 Å². The van der Waals surface area contributed by atoms with Crippen LogP contribution in [0, 0.1) is 0 Å². The molecule has 1 aromatic rings. The summed E-state index contributed by atoms with van der Waals surface area (Å²) in [6.07, 6.45) is 6.22. The largest absolute Gasteiger partial charge is 0.348 e. The molecule has 0 spiro atoms. The van der Waals surface area contributed by atoms with Crippen molar-refractivity contribution in [1.29, 1.82) is 0 Å². The number of amides is 1. The topological polar surface area (TPSA) is 59.1 Å². The molecule has 1 heterocycles. The number of carbonyl (C=O) groups is 2. The van der Waals surface area contributed by atoms with E-state index in [2.05, 4.69) is 10.3 Å². The standard InChI is InChI=1S/C10H10N2O2/c13-7-1-2-10(14)12-8-9-3-5-11-6-4-9/h1-7H,8H2,(H,12,14). The highest BCUT2D eigenvalue weighted by atomic mass is 16.1. The predicted octanol–water partition coefficient (Wildman–Crippen LogP) is 0.453. The van der Waals surface area contributed by atoms with E-state index in [0.29, 0.717) is 12.8 Å². The minimum Gasteiger partial charge on any atom is -0.348 e. The molecule has 0 saturated carbocycles. The van der Waals surface area contributed by atoms with Crippen LogP contribution in [0.1, 0.15) is 5.56 Å². The van der Waals surface area contributed by atoms with Crippen LogP contribution in [0.25, 0.3) is 0 Å². The third-order valence-electron chi connectivity index (χ3n) is 1.54. The van der Waals surface area contributed by atoms with Crippen molar-refractivity contribution in [2.75, 3.05) is 0 Å². The van der Waals surface area contributed by atoms with Gasteiger partial charge in [-0.05, 0) is 23.8 Å². The van der Waals surface area contributed by atoms with Gasteiger partial charge in [-0.3, -0.25) is 14.6 Å². The van der Waals surface area contributed by atoms with Crippen LogP contribution in [0.3, 0.4) is 0 Å². The fourth-order valence-electron chi connectivity index (χ4n) is 0.875. The summed E-state index contributed by atoms with van der Waals surface area (Å²) in [4.78, 5) is 24.8. The molecule has 0 fully saturated rings. The highest BCUT2D eigenvalue weighted by molar-refractivity contribution is 5.90. The second-order valence-electron chi connectivity index (χ2n) is 2.57. The van der Waals surface area contributed by atoms with Crippen molar-refractivity contribution in [3.63, 3.8) is 0 Å². The smallest absolute Gasteiger partial charge is 0.244 e. The summed E-state index contributed by atoms with van der Waals surface area (Å²) in [5.41, 5.74) is 0.966. The van der Waals surface area contributed by atoms with Crippen LogP contribution in [0.4, 0.5) is 0 Å². The van der Waals surface area contributed by atoms with E-state index in [1.807, 2.05) is 12.1 Å². The molecule has 0 saturated heterocycles. The van der Waals surface area contributed by atoms with Gasteiger partial charge in [0.2, 0.25) is 5.91 Å². The van der Waals surface area contributed by atoms with Crippen LogP contribution >= 0.6 is 0 Å². The number of aromatic nitrogens is 1. The summed E-state index contributed by atoms with van der Waals surface area (Å²) in [6, 6.07) is 3.62. The van der Waals surface area contributed by atoms with E-state index in [1.165, 1.54) is 6.08 Å². The van der Waals surface area contributed by atoms with Crippen molar-refractivity contribution in [1.82, 2.24) is 10.3 Å². The maximum Gasteiger partial charge on any atom is 0.244 e. The summed E-state index contributed by atoms with van der Waals surface area (Å²) in [7, 11) is 0. The molecule has 0 aliphatic heterocycles. The summed E-state index contributed by atoms with van der Waals surface area (Å²) in [5.74, 6) is -0.283. The molecule has 0 aliphatic carbocycles. The fourth-order valence-corrected chi connectivity index (χ4v) is 0.875. The lowest BCUT2D eigenvalue weighted by atomic mass is 10.3. The van der Waals surface area contributed by atoms with Gasteiger partial charge in [0.15, 0.2) is 0 Å². The minimum absolute atomic E-state index is 0.283. The van der Waals surface area contributed by atoms with Gasteiger partial charge in [-0.25, -0.2) is 0 Å². The second-order valence-corrected chi connectivity index (χ2v) is 2.57. The first-order valence-corrected chi connectivity index (χ1v) is 4.11. The van der Waals surface area contributed by atoms with Crippen molar-refractivity contribution >= 4 is 12.2 Å². The van der Waals surface area contributed by atoms with E-state index >= 15 is 0 Å². The Balaban J connectivity index is 2.38. The van der Waals surface area contributed by atoms with Gasteiger partial charge >= 0.3 is 0 Å². The van der Waals surface area contributed by atoms with Crippen LogP contribution in [-0.4, -0.2) is 17.2 Å². The molecule has 0 unspecified atom stereocenters. The maximum absolute atomic E-state index is 11.0. The van der Waals surface area contributed by atoms with E-state index in [-0.39, 0.29) is 5.91 Å². The normalized spacial score (nSPS) is 10.0. The Morgan fingerprint density at radius 3 is 2.79 bits per heavy atom. The lowest BCUT2D eigenvalue weighted by molar-refractivity contribution is -0.117. The van der Waals surface area contributed by atoms with E-state index < -0.39 is 0 Å². The first kappa shape index (κ1) is 10.1. The number of hydrogen-bond donors (Lipinski definition) is 1. The number of aldehydes is 1. The Labute approximate surface area is 81.7 Å². The average molecular weight is 190 g/mol. The summed E-state index contributed by atoms with van der Waals surface area (Å²) in [6.45, 7) is 0.435. The Kier molecular flexibility index (Phi) is 4.07. The van der Waals surface area contributed by atoms with Crippen LogP contribution in [0.2, 0.25) is 0 Å². The Hall–Kier alpha value is -1.97. The molecule has 1 aromatic heterocycles. The van der Waals surface area contributed by atoms with Crippen LogP contribution in [0.5, 0.6) is 0 Å². The molecule has 72 valence electrons. The Bertz CT molecular complexity index is 333. The zero-order valence-corrected chi connectivity index (χ0v) is 7.51. The third kappa shape index (κ3) is 3.62. The number of allylic oxidation sites excluding steroid dienone is 1. The van der Waals surface area contributed by atoms with Gasteiger partial charge in [-0.1, -0.05) is 0 Å². The third-order valence-corrected chi connectivity index (χ3v) is 1.54. The zero-order chi connectivity index (χ0) is 10.2. The fraction of sp³-hybridized carbons (Fsp3) is 0.100. The van der Waals surface area contributed by atoms with E-state index in [9.17, 15) is 9.59 Å². The zero-order valence-electron chi connectivity index (χ0n) is 7.51. The number of nitrogens with zero attached hydrogens (tertiary/aromatic N) is 1. The first-order chi connectivity index (χ1) is 6.83. The highest BCUT2D eigenvalue weighted by Crippen LogP contribution is 1.94. The molecule has 0 aromatic carbocycles. The first-order valence-electron chi connectivity index (χ1n) is 4.11. The SMILES string of the molecule is O=CC=CC(=O)NCc1ccncc1. The van der Waals surface area contributed by atoms with Crippen molar-refractivity contribution in [2.24, 2.45) is 0 Å². The molecule has 0 atom stereocenters. The molecule has 1 rings (SSSR count). The van der Waals surface area contributed by atoms with E-state index in [4.69, 9.17) is 0 Å². The lowest BCUT2D eigenvalue weighted by Gasteiger charge is -2.00. The quantitative estimate of drug-likeness (QED) is 0.554. The van der Waals surface area contributed by atoms with Crippen LogP contribution < -0.4 is 5.32 Å². The van der Waals surface area contributed by atoms with Gasteiger partial charge in [0, 0.05) is 25.0 Å². The minimum atomic E-state index is -0.283. The summed E-state index contributed by atoms with van der Waals surface area (Å²) >= 11 is 0. The van der Waals surface area contributed by atoms with E-state index in [0.717, 1.165) is 11.6 Å². The Morgan fingerprint density at radius 2 is 2.14 bits per heavy atom. The lowest BCUT2D eigenvalue weighted by Crippen LogP contribution is -2.20. The number of nitrogens with one attached hydrogen (secondary N) is 1. The molecule has 1 N–H and O–H groups in total. The second kappa shape index (κ2) is 5.64. The molecule has 0 aliphatic rings. The van der Waals surface area contributed by atoms with Gasteiger partial charge < -0.3 is 5.32 Å². The molecule has 4 heteroatoms. The van der Waals surface area contributed by atoms with Crippen LogP contribution in [0.15, 0.2) is 36.7 Å². The van der Waals surface area contributed by atoms with Crippen molar-refractivity contribution in [2.45, 2.75) is 6.54 Å². The molecule has 1 amide bonds. The molecular weight excluding hydrogens is 180 g/mol. The highest BCUT2D eigenvalue weighted by Gasteiger charge is 1.94.